The zero-order chi connectivity index (χ0) is 13.0. The van der Waals surface area contributed by atoms with Gasteiger partial charge in [0.2, 0.25) is 0 Å². The molecule has 0 aliphatic carbocycles. The topological polar surface area (TPSA) is 26.0 Å². The molecule has 0 radical (unpaired) electrons. The van der Waals surface area contributed by atoms with Crippen molar-refractivity contribution in [3.8, 4) is 0 Å². The standard InChI is InChI=1S/C15H16ClNS/c1-11-2-5-13(15(16)8-11)10-18-14-6-3-12(9-17)4-7-14/h2-8H,9-10,17H2,1H3. The third-order valence-corrected chi connectivity index (χ3v) is 4.17. The van der Waals surface area contributed by atoms with Crippen molar-refractivity contribution in [3.63, 3.8) is 0 Å². The van der Waals surface area contributed by atoms with Crippen LogP contribution in [0, 0.1) is 6.92 Å². The van der Waals surface area contributed by atoms with Crippen LogP contribution in [0.4, 0.5) is 0 Å². The number of halogens is 1. The molecule has 0 bridgehead atoms. The largest absolute Gasteiger partial charge is 0.326 e. The van der Waals surface area contributed by atoms with Crippen molar-refractivity contribution in [2.75, 3.05) is 0 Å². The van der Waals surface area contributed by atoms with Crippen LogP contribution in [0.15, 0.2) is 47.4 Å². The fourth-order valence-corrected chi connectivity index (χ4v) is 2.94. The zero-order valence-corrected chi connectivity index (χ0v) is 11.9. The molecule has 0 aliphatic rings. The molecule has 0 unspecified atom stereocenters. The van der Waals surface area contributed by atoms with Gasteiger partial charge in [0.1, 0.15) is 0 Å². The molecule has 0 atom stereocenters. The molecule has 18 heavy (non-hydrogen) atoms. The molecule has 0 aliphatic heterocycles. The van der Waals surface area contributed by atoms with Crippen LogP contribution in [0.3, 0.4) is 0 Å². The van der Waals surface area contributed by atoms with Crippen molar-refractivity contribution in [1.29, 1.82) is 0 Å². The lowest BCUT2D eigenvalue weighted by atomic mass is 10.2. The number of nitrogens with two attached hydrogens (primary N) is 1. The lowest BCUT2D eigenvalue weighted by molar-refractivity contribution is 1.07. The second-order valence-corrected chi connectivity index (χ2v) is 5.69. The Morgan fingerprint density at radius 2 is 1.83 bits per heavy atom. The van der Waals surface area contributed by atoms with E-state index in [4.69, 9.17) is 17.3 Å². The van der Waals surface area contributed by atoms with Crippen molar-refractivity contribution in [2.24, 2.45) is 5.73 Å². The molecule has 0 heterocycles. The van der Waals surface area contributed by atoms with E-state index >= 15 is 0 Å². The van der Waals surface area contributed by atoms with Gasteiger partial charge < -0.3 is 5.73 Å². The van der Waals surface area contributed by atoms with Crippen molar-refractivity contribution in [3.05, 3.63) is 64.2 Å². The van der Waals surface area contributed by atoms with Crippen molar-refractivity contribution in [2.45, 2.75) is 24.1 Å². The minimum absolute atomic E-state index is 0.592. The number of hydrogen-bond acceptors (Lipinski definition) is 2. The van der Waals surface area contributed by atoms with Crippen LogP contribution in [0.5, 0.6) is 0 Å². The number of benzene rings is 2. The molecule has 0 saturated heterocycles. The minimum atomic E-state index is 0.592. The normalized spacial score (nSPS) is 10.6. The van der Waals surface area contributed by atoms with Crippen LogP contribution in [0.1, 0.15) is 16.7 Å². The third kappa shape index (κ3) is 3.52. The van der Waals surface area contributed by atoms with E-state index in [0.29, 0.717) is 6.54 Å². The third-order valence-electron chi connectivity index (χ3n) is 2.76. The molecular weight excluding hydrogens is 262 g/mol. The van der Waals surface area contributed by atoms with E-state index in [0.717, 1.165) is 16.3 Å². The SMILES string of the molecule is Cc1ccc(CSc2ccc(CN)cc2)c(Cl)c1. The van der Waals surface area contributed by atoms with Crippen LogP contribution in [0.25, 0.3) is 0 Å². The highest BCUT2D eigenvalue weighted by Gasteiger charge is 2.02. The Morgan fingerprint density at radius 1 is 1.11 bits per heavy atom. The van der Waals surface area contributed by atoms with Gasteiger partial charge in [-0.05, 0) is 41.8 Å². The molecule has 2 aromatic carbocycles. The summed E-state index contributed by atoms with van der Waals surface area (Å²) in [5, 5.41) is 0.848. The van der Waals surface area contributed by atoms with Gasteiger partial charge in [-0.25, -0.2) is 0 Å². The van der Waals surface area contributed by atoms with Crippen molar-refractivity contribution < 1.29 is 0 Å². The predicted molar refractivity (Wildman–Crippen MR) is 80.1 cm³/mol. The highest BCUT2D eigenvalue weighted by atomic mass is 35.5. The molecule has 2 rings (SSSR count). The van der Waals surface area contributed by atoms with Gasteiger partial charge in [-0.3, -0.25) is 0 Å². The van der Waals surface area contributed by atoms with Gasteiger partial charge in [0.05, 0.1) is 0 Å². The van der Waals surface area contributed by atoms with E-state index in [1.54, 1.807) is 11.8 Å². The Morgan fingerprint density at radius 3 is 2.44 bits per heavy atom. The van der Waals surface area contributed by atoms with Crippen LogP contribution in [-0.2, 0) is 12.3 Å². The monoisotopic (exact) mass is 277 g/mol. The van der Waals surface area contributed by atoms with Gasteiger partial charge >= 0.3 is 0 Å². The Kier molecular flexibility index (Phi) is 4.70. The Hall–Kier alpha value is -0.960. The quantitative estimate of drug-likeness (QED) is 0.839. The number of thioether (sulfide) groups is 1. The Balaban J connectivity index is 2.02. The summed E-state index contributed by atoms with van der Waals surface area (Å²) in [5.41, 5.74) is 9.11. The average Bonchev–Trinajstić information content (AvgIpc) is 2.38. The maximum atomic E-state index is 6.21. The molecule has 2 N–H and O–H groups in total. The van der Waals surface area contributed by atoms with E-state index in [2.05, 4.69) is 36.4 Å². The van der Waals surface area contributed by atoms with E-state index in [-0.39, 0.29) is 0 Å². The molecular formula is C15H16ClNS. The summed E-state index contributed by atoms with van der Waals surface area (Å²) < 4.78 is 0. The molecule has 3 heteroatoms. The second kappa shape index (κ2) is 6.28. The van der Waals surface area contributed by atoms with Crippen LogP contribution in [-0.4, -0.2) is 0 Å². The van der Waals surface area contributed by atoms with Gasteiger partial charge in [-0.2, -0.15) is 0 Å². The van der Waals surface area contributed by atoms with E-state index in [1.165, 1.54) is 16.0 Å². The van der Waals surface area contributed by atoms with Crippen molar-refractivity contribution in [1.82, 2.24) is 0 Å². The summed E-state index contributed by atoms with van der Waals surface area (Å²) in [6.45, 7) is 2.64. The summed E-state index contributed by atoms with van der Waals surface area (Å²) in [4.78, 5) is 1.24. The summed E-state index contributed by atoms with van der Waals surface area (Å²) >= 11 is 8.00. The molecule has 0 amide bonds. The fraction of sp³-hybridized carbons (Fsp3) is 0.200. The van der Waals surface area contributed by atoms with E-state index in [1.807, 2.05) is 13.0 Å². The molecule has 2 aromatic rings. The predicted octanol–water partition coefficient (Wildman–Crippen LogP) is 4.40. The molecule has 1 nitrogen and oxygen atoms in total. The van der Waals surface area contributed by atoms with E-state index in [9.17, 15) is 0 Å². The first kappa shape index (κ1) is 13.5. The Bertz CT molecular complexity index is 523. The first-order valence-corrected chi connectivity index (χ1v) is 7.22. The number of hydrogen-bond donors (Lipinski definition) is 1. The summed E-state index contributed by atoms with van der Waals surface area (Å²) in [6, 6.07) is 14.6. The van der Waals surface area contributed by atoms with Crippen LogP contribution >= 0.6 is 23.4 Å². The lowest BCUT2D eigenvalue weighted by Gasteiger charge is -2.06. The van der Waals surface area contributed by atoms with E-state index < -0.39 is 0 Å². The molecule has 0 spiro atoms. The Labute approximate surface area is 117 Å². The van der Waals surface area contributed by atoms with Gasteiger partial charge in [0, 0.05) is 22.2 Å². The smallest absolute Gasteiger partial charge is 0.0449 e. The summed E-state index contributed by atoms with van der Waals surface area (Å²) in [6.07, 6.45) is 0. The second-order valence-electron chi connectivity index (χ2n) is 4.23. The van der Waals surface area contributed by atoms with Crippen molar-refractivity contribution >= 4 is 23.4 Å². The fourth-order valence-electron chi connectivity index (χ4n) is 1.65. The minimum Gasteiger partial charge on any atom is -0.326 e. The van der Waals surface area contributed by atoms with Gasteiger partial charge in [-0.1, -0.05) is 35.9 Å². The maximum absolute atomic E-state index is 6.21. The van der Waals surface area contributed by atoms with Crippen LogP contribution < -0.4 is 5.73 Å². The maximum Gasteiger partial charge on any atom is 0.0449 e. The molecule has 0 saturated carbocycles. The molecule has 0 aromatic heterocycles. The summed E-state index contributed by atoms with van der Waals surface area (Å²) in [5.74, 6) is 0.890. The average molecular weight is 278 g/mol. The van der Waals surface area contributed by atoms with Gasteiger partial charge in [0.15, 0.2) is 0 Å². The number of aryl methyl sites for hydroxylation is 1. The zero-order valence-electron chi connectivity index (χ0n) is 10.3. The first-order valence-electron chi connectivity index (χ1n) is 5.86. The molecule has 94 valence electrons. The highest BCUT2D eigenvalue weighted by Crippen LogP contribution is 2.27. The summed E-state index contributed by atoms with van der Waals surface area (Å²) in [7, 11) is 0. The lowest BCUT2D eigenvalue weighted by Crippen LogP contribution is -1.94. The number of rotatable bonds is 4. The first-order chi connectivity index (χ1) is 8.69. The van der Waals surface area contributed by atoms with Gasteiger partial charge in [-0.15, -0.1) is 11.8 Å². The molecule has 0 fully saturated rings. The van der Waals surface area contributed by atoms with Gasteiger partial charge in [0.25, 0.3) is 0 Å². The van der Waals surface area contributed by atoms with Crippen LogP contribution in [0.2, 0.25) is 5.02 Å². The highest BCUT2D eigenvalue weighted by molar-refractivity contribution is 7.98.